The van der Waals surface area contributed by atoms with E-state index >= 15 is 0 Å². The molecule has 0 atom stereocenters. The topological polar surface area (TPSA) is 51.2 Å². The molecule has 0 saturated carbocycles. The van der Waals surface area contributed by atoms with Crippen molar-refractivity contribution >= 4 is 17.3 Å². The first-order chi connectivity index (χ1) is 12.9. The zero-order valence-electron chi connectivity index (χ0n) is 19.7. The van der Waals surface area contributed by atoms with E-state index in [1.807, 2.05) is 75.3 Å². The van der Waals surface area contributed by atoms with Crippen LogP contribution in [0.25, 0.3) is 0 Å². The first kappa shape index (κ1) is 27.7. The van der Waals surface area contributed by atoms with Crippen molar-refractivity contribution in [2.24, 2.45) is 16.2 Å². The van der Waals surface area contributed by atoms with E-state index in [9.17, 15) is 14.4 Å². The largest absolute Gasteiger partial charge is 0.290 e. The van der Waals surface area contributed by atoms with Crippen molar-refractivity contribution < 1.29 is 14.4 Å². The zero-order chi connectivity index (χ0) is 22.9. The molecular weight excluding hydrogens is 372 g/mol. The summed E-state index contributed by atoms with van der Waals surface area (Å²) in [4.78, 5) is 35.5. The van der Waals surface area contributed by atoms with Crippen LogP contribution in [0.5, 0.6) is 0 Å². The van der Waals surface area contributed by atoms with Crippen LogP contribution in [0, 0.1) is 16.2 Å². The van der Waals surface area contributed by atoms with Crippen LogP contribution in [0.1, 0.15) is 76.7 Å². The molecule has 2 aliphatic rings. The van der Waals surface area contributed by atoms with Crippen LogP contribution in [0.2, 0.25) is 0 Å². The monoisotopic (exact) mass is 412 g/mol. The van der Waals surface area contributed by atoms with Crippen LogP contribution < -0.4 is 0 Å². The Morgan fingerprint density at radius 1 is 0.567 bits per heavy atom. The van der Waals surface area contributed by atoms with E-state index in [-0.39, 0.29) is 41.0 Å². The lowest BCUT2D eigenvalue weighted by Gasteiger charge is -2.28. The second-order valence-electron chi connectivity index (χ2n) is 10.9. The van der Waals surface area contributed by atoms with Gasteiger partial charge in [-0.15, -0.1) is 0 Å². The molecule has 0 amide bonds. The number of carbonyl (C=O) groups is 3. The highest BCUT2D eigenvalue weighted by Gasteiger charge is 2.32. The maximum absolute atomic E-state index is 11.9. The second kappa shape index (κ2) is 9.24. The van der Waals surface area contributed by atoms with Crippen molar-refractivity contribution in [2.75, 3.05) is 0 Å². The molecule has 0 aromatic rings. The summed E-state index contributed by atoms with van der Waals surface area (Å²) in [7, 11) is 0. The molecule has 2 rings (SSSR count). The van der Waals surface area contributed by atoms with Crippen LogP contribution in [-0.4, -0.2) is 17.3 Å². The molecule has 2 aliphatic carbocycles. The lowest BCUT2D eigenvalue weighted by molar-refractivity contribution is -0.116. The first-order valence-corrected chi connectivity index (χ1v) is 10.0. The zero-order valence-corrected chi connectivity index (χ0v) is 19.7. The van der Waals surface area contributed by atoms with Gasteiger partial charge < -0.3 is 0 Å². The van der Waals surface area contributed by atoms with Crippen molar-refractivity contribution in [3.8, 4) is 0 Å². The fourth-order valence-corrected chi connectivity index (χ4v) is 3.04. The van der Waals surface area contributed by atoms with E-state index in [2.05, 4.69) is 6.58 Å². The third kappa shape index (κ3) is 6.90. The Kier molecular flexibility index (Phi) is 8.54. The SMILES string of the molecule is C.C=C1C=C(C(C)(C)C)C(=O)C=C1C.CC(C)(C)C1=CC(=O)C(C(C)(C)C)=CC1=O. The number of hydrogen-bond acceptors (Lipinski definition) is 3. The minimum absolute atomic E-state index is 0. The van der Waals surface area contributed by atoms with E-state index in [4.69, 9.17) is 0 Å². The Morgan fingerprint density at radius 3 is 1.13 bits per heavy atom. The minimum Gasteiger partial charge on any atom is -0.290 e. The Labute approximate surface area is 183 Å². The van der Waals surface area contributed by atoms with Gasteiger partial charge in [-0.2, -0.15) is 0 Å². The average Bonchev–Trinajstić information content (AvgIpc) is 2.50. The molecule has 0 aromatic carbocycles. The molecule has 0 bridgehead atoms. The Bertz CT molecular complexity index is 825. The number of carbonyl (C=O) groups excluding carboxylic acids is 3. The van der Waals surface area contributed by atoms with Gasteiger partial charge in [-0.1, -0.05) is 76.3 Å². The molecule has 30 heavy (non-hydrogen) atoms. The summed E-state index contributed by atoms with van der Waals surface area (Å²) in [5.41, 5.74) is 3.35. The van der Waals surface area contributed by atoms with Gasteiger partial charge in [-0.25, -0.2) is 0 Å². The maximum Gasteiger partial charge on any atom is 0.182 e. The van der Waals surface area contributed by atoms with Gasteiger partial charge in [0.15, 0.2) is 17.3 Å². The number of ketones is 3. The van der Waals surface area contributed by atoms with Gasteiger partial charge in [-0.3, -0.25) is 14.4 Å². The molecule has 166 valence electrons. The van der Waals surface area contributed by atoms with E-state index in [0.29, 0.717) is 11.1 Å². The minimum atomic E-state index is -0.271. The molecule has 0 unspecified atom stereocenters. The number of allylic oxidation sites excluding steroid dienone is 9. The van der Waals surface area contributed by atoms with Crippen molar-refractivity contribution in [1.82, 2.24) is 0 Å². The predicted octanol–water partition coefficient (Wildman–Crippen LogP) is 6.76. The number of hydrogen-bond donors (Lipinski definition) is 0. The van der Waals surface area contributed by atoms with Gasteiger partial charge in [0, 0.05) is 16.7 Å². The lowest BCUT2D eigenvalue weighted by atomic mass is 9.75. The fraction of sp³-hybridized carbons (Fsp3) is 0.519. The molecule has 0 aromatic heterocycles. The summed E-state index contributed by atoms with van der Waals surface area (Å²) in [6.45, 7) is 23.6. The van der Waals surface area contributed by atoms with Crippen LogP contribution in [0.15, 0.2) is 58.7 Å². The second-order valence-corrected chi connectivity index (χ2v) is 10.9. The molecule has 3 heteroatoms. The Hall–Kier alpha value is -2.29. The smallest absolute Gasteiger partial charge is 0.182 e. The predicted molar refractivity (Wildman–Crippen MR) is 127 cm³/mol. The van der Waals surface area contributed by atoms with Crippen molar-refractivity contribution in [2.45, 2.75) is 76.7 Å². The van der Waals surface area contributed by atoms with E-state index in [1.165, 1.54) is 12.2 Å². The third-order valence-corrected chi connectivity index (χ3v) is 4.94. The van der Waals surface area contributed by atoms with Crippen molar-refractivity contribution in [3.63, 3.8) is 0 Å². The van der Waals surface area contributed by atoms with Crippen LogP contribution in [0.4, 0.5) is 0 Å². The molecule has 0 radical (unpaired) electrons. The van der Waals surface area contributed by atoms with Gasteiger partial charge in [0.05, 0.1) is 0 Å². The van der Waals surface area contributed by atoms with Gasteiger partial charge >= 0.3 is 0 Å². The highest BCUT2D eigenvalue weighted by Crippen LogP contribution is 2.34. The summed E-state index contributed by atoms with van der Waals surface area (Å²) >= 11 is 0. The summed E-state index contributed by atoms with van der Waals surface area (Å²) in [5.74, 6) is 0.0615. The Balaban J connectivity index is 0.000000553. The van der Waals surface area contributed by atoms with E-state index in [0.717, 1.165) is 16.7 Å². The summed E-state index contributed by atoms with van der Waals surface area (Å²) in [6, 6.07) is 0. The summed E-state index contributed by atoms with van der Waals surface area (Å²) < 4.78 is 0. The van der Waals surface area contributed by atoms with Crippen LogP contribution in [0.3, 0.4) is 0 Å². The molecule has 0 fully saturated rings. The summed E-state index contributed by atoms with van der Waals surface area (Å²) in [5, 5.41) is 0. The van der Waals surface area contributed by atoms with Crippen LogP contribution >= 0.6 is 0 Å². The standard InChI is InChI=1S/C14H20O2.C12H16O.CH4/c1-13(2,3)9-7-12(16)10(8-11(9)15)14(4,5)6;1-8-6-10(12(3,4)5)11(13)7-9(8)2;/h7-8H,1-6H3;6-7H,1H2,2-5H3;1H4. The molecule has 0 spiro atoms. The maximum atomic E-state index is 11.9. The van der Waals surface area contributed by atoms with Crippen molar-refractivity contribution in [1.29, 1.82) is 0 Å². The Morgan fingerprint density at radius 2 is 0.833 bits per heavy atom. The quantitative estimate of drug-likeness (QED) is 0.413. The normalized spacial score (nSPS) is 17.8. The molecule has 0 saturated heterocycles. The lowest BCUT2D eigenvalue weighted by Crippen LogP contribution is -2.27. The summed E-state index contributed by atoms with van der Waals surface area (Å²) in [6.07, 6.45) is 6.58. The first-order valence-electron chi connectivity index (χ1n) is 10.0. The number of rotatable bonds is 0. The van der Waals surface area contributed by atoms with Crippen molar-refractivity contribution in [3.05, 3.63) is 58.7 Å². The van der Waals surface area contributed by atoms with E-state index < -0.39 is 0 Å². The van der Waals surface area contributed by atoms with Gasteiger partial charge in [0.1, 0.15) is 0 Å². The molecule has 3 nitrogen and oxygen atoms in total. The molecular formula is C27H40O3. The fourth-order valence-electron chi connectivity index (χ4n) is 3.04. The molecule has 0 heterocycles. The highest BCUT2D eigenvalue weighted by molar-refractivity contribution is 6.20. The molecule has 0 N–H and O–H groups in total. The molecule has 0 aliphatic heterocycles. The average molecular weight is 413 g/mol. The van der Waals surface area contributed by atoms with Gasteiger partial charge in [0.25, 0.3) is 0 Å². The highest BCUT2D eigenvalue weighted by atomic mass is 16.1. The van der Waals surface area contributed by atoms with Gasteiger partial charge in [0.2, 0.25) is 0 Å². The van der Waals surface area contributed by atoms with Crippen LogP contribution in [-0.2, 0) is 14.4 Å². The third-order valence-electron chi connectivity index (χ3n) is 4.94. The van der Waals surface area contributed by atoms with Gasteiger partial charge in [-0.05, 0) is 58.6 Å². The van der Waals surface area contributed by atoms with E-state index in [1.54, 1.807) is 6.08 Å².